The van der Waals surface area contributed by atoms with Crippen LogP contribution < -0.4 is 0 Å². The van der Waals surface area contributed by atoms with E-state index in [2.05, 4.69) is 0 Å². The van der Waals surface area contributed by atoms with Crippen LogP contribution in [0.3, 0.4) is 0 Å². The van der Waals surface area contributed by atoms with Gasteiger partial charge >= 0.3 is 12.0 Å². The molecule has 0 aromatic carbocycles. The quantitative estimate of drug-likeness (QED) is 0.791. The summed E-state index contributed by atoms with van der Waals surface area (Å²) in [5, 5.41) is 8.70. The number of carboxylic acids is 1. The SMILES string of the molecule is CCN(CC(=O)O)C(=O)N(C)C1CCCC1. The summed E-state index contributed by atoms with van der Waals surface area (Å²) in [6.07, 6.45) is 4.39. The third kappa shape index (κ3) is 3.12. The van der Waals surface area contributed by atoms with Crippen molar-refractivity contribution < 1.29 is 14.7 Å². The normalized spacial score (nSPS) is 16.1. The van der Waals surface area contributed by atoms with Crippen molar-refractivity contribution in [2.45, 2.75) is 38.6 Å². The molecule has 0 saturated heterocycles. The fourth-order valence-electron chi connectivity index (χ4n) is 2.15. The van der Waals surface area contributed by atoms with Crippen LogP contribution in [0.5, 0.6) is 0 Å². The first kappa shape index (κ1) is 12.8. The molecular weight excluding hydrogens is 208 g/mol. The van der Waals surface area contributed by atoms with Gasteiger partial charge in [-0.25, -0.2) is 4.79 Å². The van der Waals surface area contributed by atoms with E-state index < -0.39 is 5.97 Å². The summed E-state index contributed by atoms with van der Waals surface area (Å²) in [7, 11) is 1.77. The summed E-state index contributed by atoms with van der Waals surface area (Å²) in [5.74, 6) is -0.963. The standard InChI is InChI=1S/C11H20N2O3/c1-3-13(8-10(14)15)11(16)12(2)9-6-4-5-7-9/h9H,3-8H2,1-2H3,(H,14,15). The Morgan fingerprint density at radius 2 is 1.88 bits per heavy atom. The number of aliphatic carboxylic acids is 1. The van der Waals surface area contributed by atoms with Crippen molar-refractivity contribution in [3.05, 3.63) is 0 Å². The minimum atomic E-state index is -0.963. The molecule has 5 nitrogen and oxygen atoms in total. The van der Waals surface area contributed by atoms with Gasteiger partial charge in [-0.2, -0.15) is 0 Å². The minimum absolute atomic E-state index is 0.170. The maximum Gasteiger partial charge on any atom is 0.323 e. The first-order valence-electron chi connectivity index (χ1n) is 5.79. The Bertz CT molecular complexity index is 262. The molecule has 5 heteroatoms. The van der Waals surface area contributed by atoms with Crippen LogP contribution in [-0.2, 0) is 4.79 Å². The van der Waals surface area contributed by atoms with Gasteiger partial charge < -0.3 is 14.9 Å². The van der Waals surface area contributed by atoms with Crippen molar-refractivity contribution in [3.8, 4) is 0 Å². The largest absolute Gasteiger partial charge is 0.480 e. The van der Waals surface area contributed by atoms with E-state index in [-0.39, 0.29) is 18.6 Å². The van der Waals surface area contributed by atoms with E-state index in [1.165, 1.54) is 4.90 Å². The molecule has 0 unspecified atom stereocenters. The van der Waals surface area contributed by atoms with Crippen LogP contribution in [0.4, 0.5) is 4.79 Å². The number of carbonyl (C=O) groups excluding carboxylic acids is 1. The van der Waals surface area contributed by atoms with Crippen LogP contribution in [0.15, 0.2) is 0 Å². The van der Waals surface area contributed by atoms with Gasteiger partial charge in [0, 0.05) is 19.6 Å². The molecule has 1 saturated carbocycles. The van der Waals surface area contributed by atoms with E-state index in [1.54, 1.807) is 18.9 Å². The van der Waals surface area contributed by atoms with Crippen molar-refractivity contribution in [2.24, 2.45) is 0 Å². The molecule has 16 heavy (non-hydrogen) atoms. The van der Waals surface area contributed by atoms with Crippen LogP contribution >= 0.6 is 0 Å². The average Bonchev–Trinajstić information content (AvgIpc) is 2.76. The Kier molecular flexibility index (Phi) is 4.58. The Morgan fingerprint density at radius 3 is 2.31 bits per heavy atom. The van der Waals surface area contributed by atoms with E-state index in [0.717, 1.165) is 25.7 Å². The fourth-order valence-corrected chi connectivity index (χ4v) is 2.15. The highest BCUT2D eigenvalue weighted by Crippen LogP contribution is 2.23. The van der Waals surface area contributed by atoms with Gasteiger partial charge in [-0.15, -0.1) is 0 Å². The molecule has 1 N–H and O–H groups in total. The molecule has 0 aromatic rings. The van der Waals surface area contributed by atoms with Gasteiger partial charge in [0.2, 0.25) is 0 Å². The molecule has 92 valence electrons. The molecule has 1 rings (SSSR count). The van der Waals surface area contributed by atoms with Crippen molar-refractivity contribution in [1.29, 1.82) is 0 Å². The lowest BCUT2D eigenvalue weighted by molar-refractivity contribution is -0.137. The number of likely N-dealkylation sites (N-methyl/N-ethyl adjacent to an activating group) is 1. The van der Waals surface area contributed by atoms with Crippen LogP contribution in [0, 0.1) is 0 Å². The molecule has 0 radical (unpaired) electrons. The number of amides is 2. The number of hydrogen-bond acceptors (Lipinski definition) is 2. The fraction of sp³-hybridized carbons (Fsp3) is 0.818. The maximum atomic E-state index is 12.0. The highest BCUT2D eigenvalue weighted by Gasteiger charge is 2.26. The molecule has 0 bridgehead atoms. The van der Waals surface area contributed by atoms with E-state index in [1.807, 2.05) is 0 Å². The summed E-state index contributed by atoms with van der Waals surface area (Å²) in [6.45, 7) is 2.01. The van der Waals surface area contributed by atoms with Crippen molar-refractivity contribution >= 4 is 12.0 Å². The second-order valence-corrected chi connectivity index (χ2v) is 4.24. The van der Waals surface area contributed by atoms with Gasteiger partial charge in [-0.3, -0.25) is 4.79 Å². The van der Waals surface area contributed by atoms with Crippen LogP contribution in [0.1, 0.15) is 32.6 Å². The maximum absolute atomic E-state index is 12.0. The second-order valence-electron chi connectivity index (χ2n) is 4.24. The Morgan fingerprint density at radius 1 is 1.31 bits per heavy atom. The zero-order valence-corrected chi connectivity index (χ0v) is 9.98. The predicted octanol–water partition coefficient (Wildman–Crippen LogP) is 1.39. The van der Waals surface area contributed by atoms with Crippen molar-refractivity contribution in [3.63, 3.8) is 0 Å². The molecule has 1 fully saturated rings. The zero-order chi connectivity index (χ0) is 12.1. The van der Waals surface area contributed by atoms with Gasteiger partial charge in [0.25, 0.3) is 0 Å². The van der Waals surface area contributed by atoms with E-state index in [0.29, 0.717) is 6.54 Å². The lowest BCUT2D eigenvalue weighted by atomic mass is 10.2. The van der Waals surface area contributed by atoms with Crippen molar-refractivity contribution in [1.82, 2.24) is 9.80 Å². The molecule has 1 aliphatic rings. The first-order chi connectivity index (χ1) is 7.56. The molecule has 0 aliphatic heterocycles. The van der Waals surface area contributed by atoms with Crippen molar-refractivity contribution in [2.75, 3.05) is 20.1 Å². The summed E-state index contributed by atoms with van der Waals surface area (Å²) in [4.78, 5) is 25.6. The van der Waals surface area contributed by atoms with Crippen LogP contribution in [-0.4, -0.2) is 53.1 Å². The number of hydrogen-bond donors (Lipinski definition) is 1. The zero-order valence-electron chi connectivity index (χ0n) is 9.98. The molecule has 0 heterocycles. The molecule has 0 aromatic heterocycles. The number of carbonyl (C=O) groups is 2. The van der Waals surface area contributed by atoms with E-state index in [9.17, 15) is 9.59 Å². The summed E-state index contributed by atoms with van der Waals surface area (Å²) in [5.41, 5.74) is 0. The van der Waals surface area contributed by atoms with Crippen LogP contribution in [0.2, 0.25) is 0 Å². The Hall–Kier alpha value is -1.26. The topological polar surface area (TPSA) is 60.9 Å². The van der Waals surface area contributed by atoms with Gasteiger partial charge in [0.1, 0.15) is 6.54 Å². The molecular formula is C11H20N2O3. The Labute approximate surface area is 96.0 Å². The second kappa shape index (κ2) is 5.72. The van der Waals surface area contributed by atoms with Crippen LogP contribution in [0.25, 0.3) is 0 Å². The summed E-state index contributed by atoms with van der Waals surface area (Å²) < 4.78 is 0. The van der Waals surface area contributed by atoms with Gasteiger partial charge in [-0.1, -0.05) is 12.8 Å². The smallest absolute Gasteiger partial charge is 0.323 e. The molecule has 0 atom stereocenters. The third-order valence-electron chi connectivity index (χ3n) is 3.15. The average molecular weight is 228 g/mol. The molecule has 1 aliphatic carbocycles. The number of rotatable bonds is 4. The van der Waals surface area contributed by atoms with Gasteiger partial charge in [0.05, 0.1) is 0 Å². The number of carboxylic acid groups (broad SMARTS) is 1. The first-order valence-corrected chi connectivity index (χ1v) is 5.79. The lowest BCUT2D eigenvalue weighted by Gasteiger charge is -2.30. The summed E-state index contributed by atoms with van der Waals surface area (Å²) >= 11 is 0. The van der Waals surface area contributed by atoms with E-state index in [4.69, 9.17) is 5.11 Å². The lowest BCUT2D eigenvalue weighted by Crippen LogP contribution is -2.46. The van der Waals surface area contributed by atoms with Gasteiger partial charge in [0.15, 0.2) is 0 Å². The van der Waals surface area contributed by atoms with Gasteiger partial charge in [-0.05, 0) is 19.8 Å². The molecule has 2 amide bonds. The van der Waals surface area contributed by atoms with E-state index >= 15 is 0 Å². The number of urea groups is 1. The predicted molar refractivity (Wildman–Crippen MR) is 60.3 cm³/mol. The highest BCUT2D eigenvalue weighted by molar-refractivity contribution is 5.80. The minimum Gasteiger partial charge on any atom is -0.480 e. The Balaban J connectivity index is 2.55. The highest BCUT2D eigenvalue weighted by atomic mass is 16.4. The number of nitrogens with zero attached hydrogens (tertiary/aromatic N) is 2. The monoisotopic (exact) mass is 228 g/mol. The summed E-state index contributed by atoms with van der Waals surface area (Å²) in [6, 6.07) is 0.118. The third-order valence-corrected chi connectivity index (χ3v) is 3.15. The molecule has 0 spiro atoms.